The van der Waals surface area contributed by atoms with Crippen LogP contribution in [0.15, 0.2) is 24.3 Å². The zero-order valence-corrected chi connectivity index (χ0v) is 8.38. The van der Waals surface area contributed by atoms with Crippen LogP contribution in [0.5, 0.6) is 0 Å². The number of carbonyl (C=O) groups is 2. The van der Waals surface area contributed by atoms with Gasteiger partial charge in [0.05, 0.1) is 5.92 Å². The van der Waals surface area contributed by atoms with Crippen molar-refractivity contribution in [2.75, 3.05) is 5.32 Å². The first kappa shape index (κ1) is 10.5. The van der Waals surface area contributed by atoms with Gasteiger partial charge in [0.15, 0.2) is 0 Å². The molecule has 0 saturated heterocycles. The highest BCUT2D eigenvalue weighted by Crippen LogP contribution is 2.34. The second-order valence-corrected chi connectivity index (χ2v) is 3.75. The number of carboxylic acids is 2. The SMILES string of the molecule is O=C(O)C1CC(C(=O)O)c2ccccc2N1. The normalized spacial score (nSPS) is 23.0. The molecule has 1 aromatic rings. The summed E-state index contributed by atoms with van der Waals surface area (Å²) in [6.45, 7) is 0. The van der Waals surface area contributed by atoms with Crippen LogP contribution in [-0.2, 0) is 9.59 Å². The summed E-state index contributed by atoms with van der Waals surface area (Å²) in [4.78, 5) is 21.9. The van der Waals surface area contributed by atoms with Crippen molar-refractivity contribution in [1.29, 1.82) is 0 Å². The van der Waals surface area contributed by atoms with E-state index in [4.69, 9.17) is 10.2 Å². The lowest BCUT2D eigenvalue weighted by Gasteiger charge is -2.28. The minimum atomic E-state index is -1.03. The molecule has 0 radical (unpaired) electrons. The smallest absolute Gasteiger partial charge is 0.326 e. The average Bonchev–Trinajstić information content (AvgIpc) is 2.27. The molecule has 0 aliphatic carbocycles. The summed E-state index contributed by atoms with van der Waals surface area (Å²) in [6, 6.07) is 6.06. The summed E-state index contributed by atoms with van der Waals surface area (Å²) in [5.41, 5.74) is 1.24. The molecule has 1 aliphatic heterocycles. The Kier molecular flexibility index (Phi) is 2.52. The average molecular weight is 221 g/mol. The molecule has 3 N–H and O–H groups in total. The third-order valence-electron chi connectivity index (χ3n) is 2.73. The van der Waals surface area contributed by atoms with Gasteiger partial charge in [-0.25, -0.2) is 4.79 Å². The predicted molar refractivity (Wildman–Crippen MR) is 56.5 cm³/mol. The van der Waals surface area contributed by atoms with Gasteiger partial charge in [-0.2, -0.15) is 0 Å². The van der Waals surface area contributed by atoms with Crippen molar-refractivity contribution in [3.05, 3.63) is 29.8 Å². The molecule has 84 valence electrons. The van der Waals surface area contributed by atoms with Crippen molar-refractivity contribution < 1.29 is 19.8 Å². The Morgan fingerprint density at radius 3 is 2.50 bits per heavy atom. The number of rotatable bonds is 2. The summed E-state index contributed by atoms with van der Waals surface area (Å²) in [7, 11) is 0. The van der Waals surface area contributed by atoms with E-state index in [1.807, 2.05) is 0 Å². The number of para-hydroxylation sites is 1. The fraction of sp³-hybridized carbons (Fsp3) is 0.273. The molecule has 0 aromatic heterocycles. The third kappa shape index (κ3) is 1.71. The molecule has 0 amide bonds. The Bertz CT molecular complexity index is 443. The summed E-state index contributed by atoms with van der Waals surface area (Å²) < 4.78 is 0. The number of fused-ring (bicyclic) bond motifs is 1. The van der Waals surface area contributed by atoms with Gasteiger partial charge in [0.25, 0.3) is 0 Å². The second-order valence-electron chi connectivity index (χ2n) is 3.75. The number of nitrogens with one attached hydrogen (secondary N) is 1. The zero-order chi connectivity index (χ0) is 11.7. The zero-order valence-electron chi connectivity index (χ0n) is 8.38. The number of hydrogen-bond acceptors (Lipinski definition) is 3. The largest absolute Gasteiger partial charge is 0.481 e. The van der Waals surface area contributed by atoms with Gasteiger partial charge in [-0.1, -0.05) is 18.2 Å². The molecule has 1 heterocycles. The van der Waals surface area contributed by atoms with E-state index in [0.717, 1.165) is 0 Å². The second kappa shape index (κ2) is 3.84. The van der Waals surface area contributed by atoms with Crippen molar-refractivity contribution in [3.8, 4) is 0 Å². The predicted octanol–water partition coefficient (Wildman–Crippen LogP) is 1.12. The first-order valence-corrected chi connectivity index (χ1v) is 4.90. The monoisotopic (exact) mass is 221 g/mol. The van der Waals surface area contributed by atoms with Crippen LogP contribution < -0.4 is 5.32 Å². The number of carboxylic acid groups (broad SMARTS) is 2. The molecule has 2 rings (SSSR count). The van der Waals surface area contributed by atoms with Crippen LogP contribution in [-0.4, -0.2) is 28.2 Å². The van der Waals surface area contributed by atoms with Gasteiger partial charge in [0.1, 0.15) is 6.04 Å². The summed E-state index contributed by atoms with van der Waals surface area (Å²) in [5, 5.41) is 20.8. The fourth-order valence-electron chi connectivity index (χ4n) is 1.94. The molecule has 16 heavy (non-hydrogen) atoms. The van der Waals surface area contributed by atoms with Crippen LogP contribution in [0.1, 0.15) is 17.9 Å². The van der Waals surface area contributed by atoms with Gasteiger partial charge in [-0.05, 0) is 18.1 Å². The van der Waals surface area contributed by atoms with Gasteiger partial charge in [0.2, 0.25) is 0 Å². The van der Waals surface area contributed by atoms with E-state index in [0.29, 0.717) is 11.3 Å². The van der Waals surface area contributed by atoms with Gasteiger partial charge < -0.3 is 15.5 Å². The van der Waals surface area contributed by atoms with Crippen LogP contribution >= 0.6 is 0 Å². The number of aliphatic carboxylic acids is 2. The molecule has 2 atom stereocenters. The topological polar surface area (TPSA) is 86.6 Å². The molecule has 1 aliphatic rings. The molecule has 2 unspecified atom stereocenters. The summed E-state index contributed by atoms with van der Waals surface area (Å²) >= 11 is 0. The fourth-order valence-corrected chi connectivity index (χ4v) is 1.94. The van der Waals surface area contributed by atoms with Gasteiger partial charge in [-0.15, -0.1) is 0 Å². The lowest BCUT2D eigenvalue weighted by atomic mass is 9.87. The van der Waals surface area contributed by atoms with Crippen molar-refractivity contribution in [3.63, 3.8) is 0 Å². The van der Waals surface area contributed by atoms with Crippen molar-refractivity contribution in [2.45, 2.75) is 18.4 Å². The molecule has 5 nitrogen and oxygen atoms in total. The molecule has 5 heteroatoms. The van der Waals surface area contributed by atoms with Crippen LogP contribution in [0.4, 0.5) is 5.69 Å². The molecular formula is C11H11NO4. The number of benzene rings is 1. The first-order chi connectivity index (χ1) is 7.59. The lowest BCUT2D eigenvalue weighted by Crippen LogP contribution is -2.37. The van der Waals surface area contributed by atoms with Gasteiger partial charge >= 0.3 is 11.9 Å². The summed E-state index contributed by atoms with van der Waals surface area (Å²) in [5.74, 6) is -2.76. The minimum absolute atomic E-state index is 0.0711. The molecular weight excluding hydrogens is 210 g/mol. The summed E-state index contributed by atoms with van der Waals surface area (Å²) in [6.07, 6.45) is 0.0711. The van der Waals surface area contributed by atoms with Gasteiger partial charge in [-0.3, -0.25) is 4.79 Å². The van der Waals surface area contributed by atoms with E-state index in [-0.39, 0.29) is 6.42 Å². The Hall–Kier alpha value is -2.04. The van der Waals surface area contributed by atoms with Crippen LogP contribution in [0.3, 0.4) is 0 Å². The van der Waals surface area contributed by atoms with Crippen molar-refractivity contribution >= 4 is 17.6 Å². The van der Waals surface area contributed by atoms with Crippen LogP contribution in [0, 0.1) is 0 Å². The van der Waals surface area contributed by atoms with E-state index in [2.05, 4.69) is 5.32 Å². The lowest BCUT2D eigenvalue weighted by molar-refractivity contribution is -0.140. The quantitative estimate of drug-likeness (QED) is 0.696. The minimum Gasteiger partial charge on any atom is -0.481 e. The van der Waals surface area contributed by atoms with Crippen molar-refractivity contribution in [2.24, 2.45) is 0 Å². The molecule has 0 bridgehead atoms. The Morgan fingerprint density at radius 2 is 1.88 bits per heavy atom. The highest BCUT2D eigenvalue weighted by atomic mass is 16.4. The molecule has 0 saturated carbocycles. The molecule has 0 fully saturated rings. The maximum absolute atomic E-state index is 11.1. The van der Waals surface area contributed by atoms with E-state index in [1.54, 1.807) is 24.3 Å². The van der Waals surface area contributed by atoms with Crippen LogP contribution in [0.25, 0.3) is 0 Å². The Morgan fingerprint density at radius 1 is 1.19 bits per heavy atom. The Labute approximate surface area is 91.7 Å². The first-order valence-electron chi connectivity index (χ1n) is 4.90. The third-order valence-corrected chi connectivity index (χ3v) is 2.73. The standard InChI is InChI=1S/C11H11NO4/c13-10(14)7-5-9(11(15)16)12-8-4-2-1-3-6(7)8/h1-4,7,9,12H,5H2,(H,13,14)(H,15,16). The highest BCUT2D eigenvalue weighted by Gasteiger charge is 2.34. The number of anilines is 1. The molecule has 0 spiro atoms. The number of hydrogen-bond donors (Lipinski definition) is 3. The maximum Gasteiger partial charge on any atom is 0.326 e. The maximum atomic E-state index is 11.1. The van der Waals surface area contributed by atoms with Crippen LogP contribution in [0.2, 0.25) is 0 Å². The van der Waals surface area contributed by atoms with E-state index < -0.39 is 23.9 Å². The highest BCUT2D eigenvalue weighted by molar-refractivity contribution is 5.85. The molecule has 1 aromatic carbocycles. The van der Waals surface area contributed by atoms with Gasteiger partial charge in [0, 0.05) is 5.69 Å². The van der Waals surface area contributed by atoms with Crippen molar-refractivity contribution in [1.82, 2.24) is 0 Å². The van der Waals surface area contributed by atoms with E-state index in [1.165, 1.54) is 0 Å². The van der Waals surface area contributed by atoms with E-state index in [9.17, 15) is 9.59 Å². The Balaban J connectivity index is 2.41. The van der Waals surface area contributed by atoms with E-state index >= 15 is 0 Å².